The second-order valence-electron chi connectivity index (χ2n) is 6.11. The lowest BCUT2D eigenvalue weighted by Crippen LogP contribution is -2.28. The van der Waals surface area contributed by atoms with Crippen LogP contribution in [0.3, 0.4) is 0 Å². The van der Waals surface area contributed by atoms with Crippen molar-refractivity contribution < 1.29 is 9.15 Å². The summed E-state index contributed by atoms with van der Waals surface area (Å²) in [5.41, 5.74) is 2.61. The first-order valence-corrected chi connectivity index (χ1v) is 8.87. The van der Waals surface area contributed by atoms with Crippen LogP contribution in [0.15, 0.2) is 52.9 Å². The van der Waals surface area contributed by atoms with E-state index in [-0.39, 0.29) is 0 Å². The number of fused-ring (bicyclic) bond motifs is 5. The summed E-state index contributed by atoms with van der Waals surface area (Å²) in [7, 11) is 0. The number of hydrogen-bond acceptors (Lipinski definition) is 4. The molecule has 0 atom stereocenters. The van der Waals surface area contributed by atoms with E-state index < -0.39 is 0 Å². The van der Waals surface area contributed by atoms with Crippen LogP contribution >= 0.6 is 0 Å². The molecule has 0 spiro atoms. The maximum Gasteiger partial charge on any atom is 0.225 e. The minimum atomic E-state index is 0.613. The first-order chi connectivity index (χ1) is 12.3. The number of ether oxygens (including phenoxy) is 1. The fraction of sp³-hybridized carbons (Fsp3) is 0.286. The van der Waals surface area contributed by atoms with Gasteiger partial charge in [-0.15, -0.1) is 0 Å². The molecule has 25 heavy (non-hydrogen) atoms. The minimum absolute atomic E-state index is 0.613. The van der Waals surface area contributed by atoms with E-state index in [1.165, 1.54) is 0 Å². The van der Waals surface area contributed by atoms with E-state index in [4.69, 9.17) is 14.1 Å². The van der Waals surface area contributed by atoms with Gasteiger partial charge in [0.05, 0.1) is 10.9 Å². The van der Waals surface area contributed by atoms with E-state index in [2.05, 4.69) is 24.8 Å². The Morgan fingerprint density at radius 2 is 1.68 bits per heavy atom. The maximum absolute atomic E-state index is 6.15. The zero-order valence-corrected chi connectivity index (χ0v) is 14.7. The van der Waals surface area contributed by atoms with Gasteiger partial charge in [-0.05, 0) is 31.3 Å². The van der Waals surface area contributed by atoms with Gasteiger partial charge in [0.2, 0.25) is 5.88 Å². The van der Waals surface area contributed by atoms with Gasteiger partial charge in [-0.1, -0.05) is 44.2 Å². The molecule has 0 radical (unpaired) electrons. The number of para-hydroxylation sites is 2. The molecule has 4 aromatic rings. The number of likely N-dealkylation sites (N-methyl/N-ethyl adjacent to an activating group) is 1. The predicted molar refractivity (Wildman–Crippen MR) is 102 cm³/mol. The van der Waals surface area contributed by atoms with Gasteiger partial charge in [-0.25, -0.2) is 4.98 Å². The van der Waals surface area contributed by atoms with E-state index in [0.29, 0.717) is 12.5 Å². The van der Waals surface area contributed by atoms with Crippen molar-refractivity contribution in [2.45, 2.75) is 13.8 Å². The summed E-state index contributed by atoms with van der Waals surface area (Å²) in [4.78, 5) is 7.11. The Morgan fingerprint density at radius 1 is 0.960 bits per heavy atom. The average Bonchev–Trinajstić information content (AvgIpc) is 3.05. The summed E-state index contributed by atoms with van der Waals surface area (Å²) in [6.07, 6.45) is 0. The van der Waals surface area contributed by atoms with Crippen LogP contribution in [-0.2, 0) is 0 Å². The number of furan rings is 1. The molecule has 0 unspecified atom stereocenters. The predicted octanol–water partition coefficient (Wildman–Crippen LogP) is 4.85. The van der Waals surface area contributed by atoms with Gasteiger partial charge in [-0.2, -0.15) is 0 Å². The van der Waals surface area contributed by atoms with Crippen molar-refractivity contribution in [1.82, 2.24) is 9.88 Å². The third-order valence-electron chi connectivity index (χ3n) is 4.72. The Bertz CT molecular complexity index is 1020. The van der Waals surface area contributed by atoms with Crippen molar-refractivity contribution in [3.63, 3.8) is 0 Å². The van der Waals surface area contributed by atoms with E-state index in [9.17, 15) is 0 Å². The molecule has 0 saturated carbocycles. The zero-order valence-electron chi connectivity index (χ0n) is 14.7. The SMILES string of the molecule is CCN(CC)CCOc1nc2ccccc2c2oc3ccccc3c12. The molecule has 4 rings (SSSR count). The quantitative estimate of drug-likeness (QED) is 0.505. The lowest BCUT2D eigenvalue weighted by atomic mass is 10.1. The van der Waals surface area contributed by atoms with E-state index in [0.717, 1.165) is 52.5 Å². The molecule has 0 fully saturated rings. The largest absolute Gasteiger partial charge is 0.476 e. The Hall–Kier alpha value is -2.59. The Morgan fingerprint density at radius 3 is 2.48 bits per heavy atom. The van der Waals surface area contributed by atoms with Crippen LogP contribution < -0.4 is 4.74 Å². The minimum Gasteiger partial charge on any atom is -0.476 e. The summed E-state index contributed by atoms with van der Waals surface area (Å²) in [5, 5.41) is 3.03. The fourth-order valence-electron chi connectivity index (χ4n) is 3.29. The van der Waals surface area contributed by atoms with Crippen LogP contribution in [0.5, 0.6) is 5.88 Å². The highest BCUT2D eigenvalue weighted by Gasteiger charge is 2.17. The summed E-state index contributed by atoms with van der Waals surface area (Å²) in [6, 6.07) is 16.1. The fourth-order valence-corrected chi connectivity index (χ4v) is 3.29. The molecule has 2 aromatic carbocycles. The van der Waals surface area contributed by atoms with Crippen molar-refractivity contribution >= 4 is 32.8 Å². The number of hydrogen-bond donors (Lipinski definition) is 0. The standard InChI is InChI=1S/C21H22N2O2/c1-3-23(4-2)13-14-24-21-19-16-10-6-8-12-18(16)25-20(19)15-9-5-7-11-17(15)22-21/h5-12H,3-4,13-14H2,1-2H3. The number of benzene rings is 2. The number of pyridine rings is 1. The summed E-state index contributed by atoms with van der Waals surface area (Å²) >= 11 is 0. The van der Waals surface area contributed by atoms with Gasteiger partial charge in [0.1, 0.15) is 17.8 Å². The third-order valence-corrected chi connectivity index (χ3v) is 4.72. The van der Waals surface area contributed by atoms with Gasteiger partial charge < -0.3 is 14.1 Å². The van der Waals surface area contributed by atoms with Crippen LogP contribution in [0.2, 0.25) is 0 Å². The highest BCUT2D eigenvalue weighted by atomic mass is 16.5. The molecule has 2 heterocycles. The third kappa shape index (κ3) is 2.83. The zero-order chi connectivity index (χ0) is 17.2. The summed E-state index contributed by atoms with van der Waals surface area (Å²) in [5.74, 6) is 0.658. The van der Waals surface area contributed by atoms with Gasteiger partial charge in [0.15, 0.2) is 0 Å². The van der Waals surface area contributed by atoms with Gasteiger partial charge in [0, 0.05) is 17.3 Å². The molecular formula is C21H22N2O2. The Kier molecular flexibility index (Phi) is 4.28. The maximum atomic E-state index is 6.15. The number of rotatable bonds is 6. The highest BCUT2D eigenvalue weighted by molar-refractivity contribution is 6.16. The van der Waals surface area contributed by atoms with Crippen molar-refractivity contribution in [2.75, 3.05) is 26.2 Å². The molecule has 0 aliphatic heterocycles. The van der Waals surface area contributed by atoms with Gasteiger partial charge in [0.25, 0.3) is 0 Å². The molecule has 0 aliphatic carbocycles. The smallest absolute Gasteiger partial charge is 0.225 e. The molecule has 4 nitrogen and oxygen atoms in total. The van der Waals surface area contributed by atoms with Crippen LogP contribution in [0.25, 0.3) is 32.8 Å². The first-order valence-electron chi connectivity index (χ1n) is 8.87. The molecule has 128 valence electrons. The molecule has 2 aromatic heterocycles. The molecule has 0 N–H and O–H groups in total. The van der Waals surface area contributed by atoms with Crippen LogP contribution in [0.1, 0.15) is 13.8 Å². The summed E-state index contributed by atoms with van der Waals surface area (Å²) in [6.45, 7) is 7.88. The van der Waals surface area contributed by atoms with E-state index in [1.807, 2.05) is 42.5 Å². The van der Waals surface area contributed by atoms with Crippen LogP contribution in [-0.4, -0.2) is 36.1 Å². The topological polar surface area (TPSA) is 38.5 Å². The van der Waals surface area contributed by atoms with Crippen molar-refractivity contribution in [3.8, 4) is 5.88 Å². The normalized spacial score (nSPS) is 11.8. The van der Waals surface area contributed by atoms with Crippen molar-refractivity contribution in [2.24, 2.45) is 0 Å². The average molecular weight is 334 g/mol. The molecule has 0 saturated heterocycles. The monoisotopic (exact) mass is 334 g/mol. The summed E-state index contributed by atoms with van der Waals surface area (Å²) < 4.78 is 12.3. The lowest BCUT2D eigenvalue weighted by molar-refractivity contribution is 0.220. The van der Waals surface area contributed by atoms with Gasteiger partial charge in [-0.3, -0.25) is 0 Å². The lowest BCUT2D eigenvalue weighted by Gasteiger charge is -2.18. The Labute approximate surface area is 147 Å². The van der Waals surface area contributed by atoms with Crippen LogP contribution in [0, 0.1) is 0 Å². The Balaban J connectivity index is 1.83. The highest BCUT2D eigenvalue weighted by Crippen LogP contribution is 2.38. The second kappa shape index (κ2) is 6.73. The number of nitrogens with zero attached hydrogens (tertiary/aromatic N) is 2. The molecule has 0 aliphatic rings. The molecular weight excluding hydrogens is 312 g/mol. The molecule has 4 heteroatoms. The van der Waals surface area contributed by atoms with Gasteiger partial charge >= 0.3 is 0 Å². The van der Waals surface area contributed by atoms with Crippen molar-refractivity contribution in [1.29, 1.82) is 0 Å². The van der Waals surface area contributed by atoms with Crippen LogP contribution in [0.4, 0.5) is 0 Å². The number of aromatic nitrogens is 1. The molecule has 0 bridgehead atoms. The molecule has 0 amide bonds. The second-order valence-corrected chi connectivity index (χ2v) is 6.11. The van der Waals surface area contributed by atoms with E-state index in [1.54, 1.807) is 0 Å². The van der Waals surface area contributed by atoms with E-state index >= 15 is 0 Å². The van der Waals surface area contributed by atoms with Crippen molar-refractivity contribution in [3.05, 3.63) is 48.5 Å². The first kappa shape index (κ1) is 15.9.